The maximum Gasteiger partial charge on any atom is 0.264 e. The van der Waals surface area contributed by atoms with Crippen LogP contribution in [0.4, 0.5) is 4.39 Å². The second-order valence-electron chi connectivity index (χ2n) is 5.70. The zero-order valence-electron chi connectivity index (χ0n) is 13.4. The fourth-order valence-electron chi connectivity index (χ4n) is 2.66. The zero-order chi connectivity index (χ0) is 18.0. The molecule has 0 aliphatic carbocycles. The van der Waals surface area contributed by atoms with E-state index in [0.717, 1.165) is 26.4 Å². The lowest BCUT2D eigenvalue weighted by Gasteiger charge is -2.27. The van der Waals surface area contributed by atoms with Crippen molar-refractivity contribution in [2.75, 3.05) is 19.3 Å². The number of likely N-dealkylation sites (N-methyl/N-ethyl adjacent to an activating group) is 1. The highest BCUT2D eigenvalue weighted by Crippen LogP contribution is 2.36. The Morgan fingerprint density at radius 1 is 1.36 bits per heavy atom. The van der Waals surface area contributed by atoms with Crippen molar-refractivity contribution in [2.45, 2.75) is 17.4 Å². The van der Waals surface area contributed by atoms with Crippen LogP contribution in [-0.2, 0) is 4.79 Å². The molecule has 1 atom stereocenters. The van der Waals surface area contributed by atoms with E-state index < -0.39 is 0 Å². The number of benzene rings is 1. The zero-order valence-corrected chi connectivity index (χ0v) is 16.6. The van der Waals surface area contributed by atoms with Crippen LogP contribution in [-0.4, -0.2) is 36.1 Å². The van der Waals surface area contributed by atoms with Crippen LogP contribution in [0.1, 0.15) is 27.7 Å². The third kappa shape index (κ3) is 4.43. The van der Waals surface area contributed by atoms with Gasteiger partial charge in [0.15, 0.2) is 0 Å². The first-order chi connectivity index (χ1) is 11.9. The highest BCUT2D eigenvalue weighted by molar-refractivity contribution is 9.11. The normalized spacial score (nSPS) is 16.2. The van der Waals surface area contributed by atoms with Crippen LogP contribution in [0.15, 0.2) is 39.0 Å². The number of fused-ring (bicyclic) bond motifs is 1. The third-order valence-electron chi connectivity index (χ3n) is 3.86. The van der Waals surface area contributed by atoms with Crippen molar-refractivity contribution in [3.63, 3.8) is 0 Å². The van der Waals surface area contributed by atoms with Crippen molar-refractivity contribution in [1.82, 2.24) is 10.2 Å². The fraction of sp³-hybridized carbons (Fsp3) is 0.294. The molecule has 8 heteroatoms. The predicted octanol–water partition coefficient (Wildman–Crippen LogP) is 4.08. The maximum atomic E-state index is 13.5. The second kappa shape index (κ2) is 7.88. The largest absolute Gasteiger partial charge is 0.348 e. The Labute approximate surface area is 161 Å². The maximum absolute atomic E-state index is 13.5. The molecule has 3 rings (SSSR count). The van der Waals surface area contributed by atoms with Gasteiger partial charge >= 0.3 is 0 Å². The Morgan fingerprint density at radius 2 is 2.16 bits per heavy atom. The molecular weight excluding hydrogens is 427 g/mol. The van der Waals surface area contributed by atoms with Crippen LogP contribution in [0.2, 0.25) is 0 Å². The smallest absolute Gasteiger partial charge is 0.264 e. The molecule has 0 saturated heterocycles. The van der Waals surface area contributed by atoms with E-state index in [1.54, 1.807) is 37.0 Å². The first-order valence-corrected chi connectivity index (χ1v) is 10.3. The summed E-state index contributed by atoms with van der Waals surface area (Å²) in [4.78, 5) is 27.6. The molecule has 0 spiro atoms. The summed E-state index contributed by atoms with van der Waals surface area (Å²) in [5.74, 6) is 0.104. The van der Waals surface area contributed by atoms with E-state index in [-0.39, 0.29) is 30.2 Å². The van der Waals surface area contributed by atoms with Crippen molar-refractivity contribution in [3.8, 4) is 0 Å². The summed E-state index contributed by atoms with van der Waals surface area (Å²) in [6, 6.07) is 7.96. The molecule has 2 aromatic rings. The minimum Gasteiger partial charge on any atom is -0.348 e. The molecule has 4 nitrogen and oxygen atoms in total. The summed E-state index contributed by atoms with van der Waals surface area (Å²) in [7, 11) is 1.60. The van der Waals surface area contributed by atoms with E-state index in [1.807, 2.05) is 0 Å². The minimum atomic E-state index is -0.309. The van der Waals surface area contributed by atoms with E-state index in [1.165, 1.54) is 28.4 Å². The summed E-state index contributed by atoms with van der Waals surface area (Å²) < 4.78 is 14.4. The molecule has 0 bridgehead atoms. The van der Waals surface area contributed by atoms with Gasteiger partial charge in [0.1, 0.15) is 5.82 Å². The third-order valence-corrected chi connectivity index (χ3v) is 6.59. The van der Waals surface area contributed by atoms with Gasteiger partial charge in [-0.25, -0.2) is 4.39 Å². The van der Waals surface area contributed by atoms with Crippen LogP contribution >= 0.6 is 39.0 Å². The molecule has 1 N–H and O–H groups in total. The van der Waals surface area contributed by atoms with Gasteiger partial charge in [0.05, 0.1) is 21.3 Å². The number of halogens is 2. The van der Waals surface area contributed by atoms with Crippen LogP contribution in [0.3, 0.4) is 0 Å². The molecular formula is C17H16BrFN2O2S2. The Bertz CT molecular complexity index is 812. The van der Waals surface area contributed by atoms with Gasteiger partial charge in [-0.15, -0.1) is 23.1 Å². The van der Waals surface area contributed by atoms with Crippen molar-refractivity contribution in [2.24, 2.45) is 0 Å². The number of nitrogens with zero attached hydrogens (tertiary/aromatic N) is 1. The number of thioether (sulfide) groups is 1. The average Bonchev–Trinajstić information content (AvgIpc) is 3.01. The van der Waals surface area contributed by atoms with Crippen LogP contribution in [0, 0.1) is 5.82 Å². The summed E-state index contributed by atoms with van der Waals surface area (Å²) in [5.41, 5.74) is 0.806. The average molecular weight is 443 g/mol. The number of hydrogen-bond donors (Lipinski definition) is 1. The standard InChI is InChI=1S/C17H16BrFN2O2S2/c1-21(17(23)14-4-5-15(18)25-14)9-16(22)20-12-6-7-24-13-3-2-10(19)8-11(12)13/h2-5,8,12H,6-7,9H2,1H3,(H,20,22). The number of carbonyl (C=O) groups is 2. The lowest BCUT2D eigenvalue weighted by molar-refractivity contribution is -0.122. The second-order valence-corrected chi connectivity index (χ2v) is 9.30. The van der Waals surface area contributed by atoms with Crippen LogP contribution in [0.25, 0.3) is 0 Å². The summed E-state index contributed by atoms with van der Waals surface area (Å²) >= 11 is 6.31. The summed E-state index contributed by atoms with van der Waals surface area (Å²) in [6.07, 6.45) is 0.738. The number of thiophene rings is 1. The molecule has 132 valence electrons. The monoisotopic (exact) mass is 442 g/mol. The van der Waals surface area contributed by atoms with Crippen LogP contribution in [0.5, 0.6) is 0 Å². The van der Waals surface area contributed by atoms with Crippen molar-refractivity contribution < 1.29 is 14.0 Å². The van der Waals surface area contributed by atoms with E-state index in [2.05, 4.69) is 21.2 Å². The molecule has 0 fully saturated rings. The number of amides is 2. The highest BCUT2D eigenvalue weighted by atomic mass is 79.9. The number of nitrogens with one attached hydrogen (secondary N) is 1. The molecule has 0 radical (unpaired) electrons. The van der Waals surface area contributed by atoms with Gasteiger partial charge in [-0.3, -0.25) is 9.59 Å². The van der Waals surface area contributed by atoms with Gasteiger partial charge in [-0.1, -0.05) is 0 Å². The van der Waals surface area contributed by atoms with E-state index in [4.69, 9.17) is 0 Å². The SMILES string of the molecule is CN(CC(=O)NC1CCSc2ccc(F)cc21)C(=O)c1ccc(Br)s1. The Kier molecular flexibility index (Phi) is 5.81. The van der Waals surface area contributed by atoms with E-state index in [0.29, 0.717) is 4.88 Å². The fourth-order valence-corrected chi connectivity index (χ4v) is 5.15. The molecule has 1 aromatic carbocycles. The van der Waals surface area contributed by atoms with Crippen molar-refractivity contribution in [1.29, 1.82) is 0 Å². The van der Waals surface area contributed by atoms with Gasteiger partial charge in [-0.05, 0) is 58.2 Å². The molecule has 1 aliphatic rings. The molecule has 1 aliphatic heterocycles. The van der Waals surface area contributed by atoms with Crippen LogP contribution < -0.4 is 5.32 Å². The molecule has 25 heavy (non-hydrogen) atoms. The number of hydrogen-bond acceptors (Lipinski definition) is 4. The van der Waals surface area contributed by atoms with E-state index in [9.17, 15) is 14.0 Å². The highest BCUT2D eigenvalue weighted by Gasteiger charge is 2.24. The lowest BCUT2D eigenvalue weighted by atomic mass is 10.0. The first kappa shape index (κ1) is 18.4. The quantitative estimate of drug-likeness (QED) is 0.775. The Balaban J connectivity index is 1.63. The first-order valence-electron chi connectivity index (χ1n) is 7.66. The Morgan fingerprint density at radius 3 is 2.88 bits per heavy atom. The van der Waals surface area contributed by atoms with Gasteiger partial charge in [0, 0.05) is 17.7 Å². The lowest BCUT2D eigenvalue weighted by Crippen LogP contribution is -2.40. The topological polar surface area (TPSA) is 49.4 Å². The van der Waals surface area contributed by atoms with Gasteiger partial charge < -0.3 is 10.2 Å². The molecule has 2 amide bonds. The van der Waals surface area contributed by atoms with Crippen molar-refractivity contribution >= 4 is 50.8 Å². The summed E-state index contributed by atoms with van der Waals surface area (Å²) in [6.45, 7) is -0.0390. The number of carbonyl (C=O) groups excluding carboxylic acids is 2. The van der Waals surface area contributed by atoms with Gasteiger partial charge in [-0.2, -0.15) is 0 Å². The molecule has 2 heterocycles. The van der Waals surface area contributed by atoms with E-state index >= 15 is 0 Å². The molecule has 1 aromatic heterocycles. The van der Waals surface area contributed by atoms with Gasteiger partial charge in [0.25, 0.3) is 5.91 Å². The Hall–Kier alpha value is -1.38. The minimum absolute atomic E-state index is 0.0390. The van der Waals surface area contributed by atoms with Crippen molar-refractivity contribution in [3.05, 3.63) is 50.4 Å². The predicted molar refractivity (Wildman–Crippen MR) is 102 cm³/mol. The number of rotatable bonds is 4. The molecule has 0 saturated carbocycles. The summed E-state index contributed by atoms with van der Waals surface area (Å²) in [5, 5.41) is 2.93. The van der Waals surface area contributed by atoms with Gasteiger partial charge in [0.2, 0.25) is 5.91 Å². The molecule has 1 unspecified atom stereocenters.